The molecule has 2 aliphatic heterocycles. The predicted molar refractivity (Wildman–Crippen MR) is 63.6 cm³/mol. The summed E-state index contributed by atoms with van der Waals surface area (Å²) in [5.74, 6) is 0.549. The number of hydrogen-bond acceptors (Lipinski definition) is 4. The molecule has 98 valence electrons. The number of amides is 1. The Morgan fingerprint density at radius 2 is 2.06 bits per heavy atom. The molecule has 5 nitrogen and oxygen atoms in total. The van der Waals surface area contributed by atoms with Gasteiger partial charge in [-0.2, -0.15) is 0 Å². The van der Waals surface area contributed by atoms with Crippen LogP contribution in [-0.2, 0) is 9.53 Å². The van der Waals surface area contributed by atoms with Crippen LogP contribution in [0.1, 0.15) is 12.8 Å². The van der Waals surface area contributed by atoms with Crippen molar-refractivity contribution in [1.29, 1.82) is 0 Å². The lowest BCUT2D eigenvalue weighted by Crippen LogP contribution is -2.48. The maximum atomic E-state index is 12.0. The van der Waals surface area contributed by atoms with Gasteiger partial charge in [-0.15, -0.1) is 0 Å². The van der Waals surface area contributed by atoms with Crippen molar-refractivity contribution in [3.8, 4) is 0 Å². The molecule has 0 saturated carbocycles. The summed E-state index contributed by atoms with van der Waals surface area (Å²) in [7, 11) is 0. The molecule has 2 saturated heterocycles. The molecule has 1 amide bonds. The van der Waals surface area contributed by atoms with E-state index in [0.29, 0.717) is 25.7 Å². The van der Waals surface area contributed by atoms with Gasteiger partial charge in [-0.25, -0.2) is 0 Å². The summed E-state index contributed by atoms with van der Waals surface area (Å²) >= 11 is 0. The van der Waals surface area contributed by atoms with Gasteiger partial charge in [0.1, 0.15) is 0 Å². The van der Waals surface area contributed by atoms with E-state index in [1.807, 2.05) is 4.90 Å². The summed E-state index contributed by atoms with van der Waals surface area (Å²) in [5.41, 5.74) is 0. The third-order valence-corrected chi connectivity index (χ3v) is 3.58. The maximum Gasteiger partial charge on any atom is 0.236 e. The summed E-state index contributed by atoms with van der Waals surface area (Å²) in [6, 6.07) is 0. The molecular formula is C12H22N2O3. The van der Waals surface area contributed by atoms with Crippen LogP contribution in [0.3, 0.4) is 0 Å². The molecule has 0 aromatic carbocycles. The smallest absolute Gasteiger partial charge is 0.236 e. The molecule has 0 bridgehead atoms. The maximum absolute atomic E-state index is 12.0. The summed E-state index contributed by atoms with van der Waals surface area (Å²) in [6.07, 6.45) is 2.17. The fourth-order valence-corrected chi connectivity index (χ4v) is 2.55. The van der Waals surface area contributed by atoms with Crippen molar-refractivity contribution in [2.45, 2.75) is 12.8 Å². The van der Waals surface area contributed by atoms with Crippen molar-refractivity contribution >= 4 is 5.91 Å². The van der Waals surface area contributed by atoms with Gasteiger partial charge in [0.15, 0.2) is 0 Å². The Bertz CT molecular complexity index is 254. The number of piperidine rings is 1. The molecule has 17 heavy (non-hydrogen) atoms. The molecule has 2 aliphatic rings. The molecule has 1 atom stereocenters. The van der Waals surface area contributed by atoms with Crippen molar-refractivity contribution in [1.82, 2.24) is 9.80 Å². The minimum atomic E-state index is 0.201. The molecule has 1 unspecified atom stereocenters. The Kier molecular flexibility index (Phi) is 4.76. The molecule has 0 spiro atoms. The van der Waals surface area contributed by atoms with Crippen LogP contribution in [0.25, 0.3) is 0 Å². The predicted octanol–water partition coefficient (Wildman–Crippen LogP) is -0.450. The van der Waals surface area contributed by atoms with E-state index in [0.717, 1.165) is 39.0 Å². The van der Waals surface area contributed by atoms with E-state index in [2.05, 4.69) is 4.90 Å². The van der Waals surface area contributed by atoms with Gasteiger partial charge in [-0.05, 0) is 25.3 Å². The summed E-state index contributed by atoms with van der Waals surface area (Å²) in [5, 5.41) is 9.15. The molecule has 0 aromatic heterocycles. The quantitative estimate of drug-likeness (QED) is 0.728. The number of carbonyl (C=O) groups is 1. The van der Waals surface area contributed by atoms with Gasteiger partial charge < -0.3 is 14.7 Å². The second-order valence-electron chi connectivity index (χ2n) is 4.92. The summed E-state index contributed by atoms with van der Waals surface area (Å²) in [6.45, 7) is 5.32. The van der Waals surface area contributed by atoms with Gasteiger partial charge in [-0.1, -0.05) is 0 Å². The first-order valence-electron chi connectivity index (χ1n) is 6.48. The standard InChI is InChI=1S/C12H22N2O3/c15-10-11-2-1-3-13(8-11)9-12(16)14-4-6-17-7-5-14/h11,15H,1-10H2. The minimum Gasteiger partial charge on any atom is -0.396 e. The number of carbonyl (C=O) groups excluding carboxylic acids is 1. The van der Waals surface area contributed by atoms with E-state index in [4.69, 9.17) is 9.84 Å². The molecule has 0 aromatic rings. The largest absolute Gasteiger partial charge is 0.396 e. The van der Waals surface area contributed by atoms with Crippen LogP contribution >= 0.6 is 0 Å². The number of aliphatic hydroxyl groups excluding tert-OH is 1. The van der Waals surface area contributed by atoms with Crippen molar-refractivity contribution < 1.29 is 14.6 Å². The first-order chi connectivity index (χ1) is 8.29. The van der Waals surface area contributed by atoms with E-state index in [9.17, 15) is 4.79 Å². The first-order valence-corrected chi connectivity index (χ1v) is 6.48. The average Bonchev–Trinajstić information content (AvgIpc) is 2.40. The van der Waals surface area contributed by atoms with E-state index >= 15 is 0 Å². The van der Waals surface area contributed by atoms with Gasteiger partial charge in [0, 0.05) is 26.2 Å². The average molecular weight is 242 g/mol. The normalized spacial score (nSPS) is 27.1. The molecule has 5 heteroatoms. The third-order valence-electron chi connectivity index (χ3n) is 3.58. The fourth-order valence-electron chi connectivity index (χ4n) is 2.55. The number of aliphatic hydroxyl groups is 1. The van der Waals surface area contributed by atoms with E-state index in [-0.39, 0.29) is 12.5 Å². The zero-order valence-corrected chi connectivity index (χ0v) is 10.3. The lowest BCUT2D eigenvalue weighted by atomic mass is 9.99. The molecule has 2 fully saturated rings. The Balaban J connectivity index is 1.77. The van der Waals surface area contributed by atoms with E-state index < -0.39 is 0 Å². The topological polar surface area (TPSA) is 53.0 Å². The zero-order valence-electron chi connectivity index (χ0n) is 10.3. The summed E-state index contributed by atoms with van der Waals surface area (Å²) < 4.78 is 5.23. The number of ether oxygens (including phenoxy) is 1. The van der Waals surface area contributed by atoms with Crippen LogP contribution in [0.4, 0.5) is 0 Å². The number of rotatable bonds is 3. The number of hydrogen-bond donors (Lipinski definition) is 1. The Labute approximate surface area is 102 Å². The van der Waals surface area contributed by atoms with Crippen molar-refractivity contribution in [2.75, 3.05) is 52.5 Å². The SMILES string of the molecule is O=C(CN1CCCC(CO)C1)N1CCOCC1. The highest BCUT2D eigenvalue weighted by molar-refractivity contribution is 5.78. The lowest BCUT2D eigenvalue weighted by Gasteiger charge is -2.34. The number of morpholine rings is 1. The third kappa shape index (κ3) is 3.66. The molecular weight excluding hydrogens is 220 g/mol. The molecule has 0 aliphatic carbocycles. The highest BCUT2D eigenvalue weighted by Crippen LogP contribution is 2.15. The van der Waals surface area contributed by atoms with E-state index in [1.54, 1.807) is 0 Å². The van der Waals surface area contributed by atoms with Crippen LogP contribution in [0, 0.1) is 5.92 Å². The van der Waals surface area contributed by atoms with Gasteiger partial charge in [0.25, 0.3) is 0 Å². The molecule has 2 heterocycles. The van der Waals surface area contributed by atoms with Crippen molar-refractivity contribution in [3.05, 3.63) is 0 Å². The second-order valence-corrected chi connectivity index (χ2v) is 4.92. The Morgan fingerprint density at radius 1 is 1.29 bits per heavy atom. The van der Waals surface area contributed by atoms with Crippen LogP contribution in [-0.4, -0.2) is 73.4 Å². The number of nitrogens with zero attached hydrogens (tertiary/aromatic N) is 2. The monoisotopic (exact) mass is 242 g/mol. The van der Waals surface area contributed by atoms with Crippen molar-refractivity contribution in [2.24, 2.45) is 5.92 Å². The van der Waals surface area contributed by atoms with Crippen LogP contribution < -0.4 is 0 Å². The molecule has 2 rings (SSSR count). The van der Waals surface area contributed by atoms with Gasteiger partial charge in [0.05, 0.1) is 19.8 Å². The minimum absolute atomic E-state index is 0.201. The van der Waals surface area contributed by atoms with Crippen LogP contribution in [0.2, 0.25) is 0 Å². The van der Waals surface area contributed by atoms with Crippen molar-refractivity contribution in [3.63, 3.8) is 0 Å². The number of likely N-dealkylation sites (tertiary alicyclic amines) is 1. The van der Waals surface area contributed by atoms with Crippen LogP contribution in [0.5, 0.6) is 0 Å². The Morgan fingerprint density at radius 3 is 2.76 bits per heavy atom. The lowest BCUT2D eigenvalue weighted by molar-refractivity contribution is -0.137. The zero-order chi connectivity index (χ0) is 12.1. The second kappa shape index (κ2) is 6.33. The first kappa shape index (κ1) is 12.8. The highest BCUT2D eigenvalue weighted by Gasteiger charge is 2.24. The Hall–Kier alpha value is -0.650. The molecule has 0 radical (unpaired) electrons. The van der Waals surface area contributed by atoms with Gasteiger partial charge in [0.2, 0.25) is 5.91 Å². The fraction of sp³-hybridized carbons (Fsp3) is 0.917. The van der Waals surface area contributed by atoms with E-state index in [1.165, 1.54) is 0 Å². The van der Waals surface area contributed by atoms with Gasteiger partial charge in [-0.3, -0.25) is 9.69 Å². The summed E-state index contributed by atoms with van der Waals surface area (Å²) in [4.78, 5) is 16.1. The van der Waals surface area contributed by atoms with Gasteiger partial charge >= 0.3 is 0 Å². The highest BCUT2D eigenvalue weighted by atomic mass is 16.5. The molecule has 1 N–H and O–H groups in total. The van der Waals surface area contributed by atoms with Crippen LogP contribution in [0.15, 0.2) is 0 Å².